The molecule has 0 aliphatic heterocycles. The molecule has 3 rings (SSSR count). The molecule has 0 bridgehead atoms. The minimum Gasteiger partial charge on any atom is -0.483 e. The summed E-state index contributed by atoms with van der Waals surface area (Å²) in [6.45, 7) is 3.79. The monoisotopic (exact) mass is 387 g/mol. The Morgan fingerprint density at radius 1 is 1.11 bits per heavy atom. The number of ether oxygens (including phenoxy) is 1. The number of amides is 1. The topological polar surface area (TPSA) is 72.5 Å². The van der Waals surface area contributed by atoms with E-state index in [0.717, 1.165) is 24.0 Å². The Balaban J connectivity index is 1.64. The van der Waals surface area contributed by atoms with Crippen LogP contribution in [0.4, 0.5) is 5.69 Å². The van der Waals surface area contributed by atoms with Gasteiger partial charge in [0.15, 0.2) is 16.4 Å². The molecule has 0 unspecified atom stereocenters. The van der Waals surface area contributed by atoms with Crippen LogP contribution in [0.2, 0.25) is 0 Å². The lowest BCUT2D eigenvalue weighted by Gasteiger charge is -2.13. The minimum absolute atomic E-state index is 0.135. The largest absolute Gasteiger partial charge is 0.483 e. The van der Waals surface area contributed by atoms with Crippen LogP contribution in [0.5, 0.6) is 5.75 Å². The van der Waals surface area contributed by atoms with E-state index in [2.05, 4.69) is 5.32 Å². The molecule has 1 N–H and O–H groups in total. The number of nitrogens with one attached hydrogen (secondary N) is 1. The van der Waals surface area contributed by atoms with Gasteiger partial charge in [-0.2, -0.15) is 0 Å². The zero-order chi connectivity index (χ0) is 19.4. The smallest absolute Gasteiger partial charge is 0.262 e. The highest BCUT2D eigenvalue weighted by Gasteiger charge is 2.30. The van der Waals surface area contributed by atoms with Gasteiger partial charge in [-0.1, -0.05) is 36.6 Å². The summed E-state index contributed by atoms with van der Waals surface area (Å²) >= 11 is 0. The second-order valence-corrected chi connectivity index (χ2v) is 9.31. The molecule has 2 aromatic carbocycles. The number of benzene rings is 2. The first kappa shape index (κ1) is 19.4. The molecule has 0 aromatic heterocycles. The summed E-state index contributed by atoms with van der Waals surface area (Å²) in [6, 6.07) is 12.2. The molecule has 0 atom stereocenters. The van der Waals surface area contributed by atoms with Crippen LogP contribution in [0.25, 0.3) is 0 Å². The van der Waals surface area contributed by atoms with Crippen LogP contribution in [-0.4, -0.2) is 26.2 Å². The lowest BCUT2D eigenvalue weighted by molar-refractivity contribution is -0.118. The molecule has 0 saturated heterocycles. The van der Waals surface area contributed by atoms with Gasteiger partial charge >= 0.3 is 0 Å². The molecule has 6 heteroatoms. The second kappa shape index (κ2) is 8.13. The Kier molecular flexibility index (Phi) is 5.85. The van der Waals surface area contributed by atoms with Crippen molar-refractivity contribution in [1.29, 1.82) is 0 Å². The van der Waals surface area contributed by atoms with Crippen molar-refractivity contribution in [3.8, 4) is 5.75 Å². The van der Waals surface area contributed by atoms with Crippen LogP contribution < -0.4 is 10.1 Å². The van der Waals surface area contributed by atoms with Crippen molar-refractivity contribution < 1.29 is 17.9 Å². The Morgan fingerprint density at radius 3 is 2.56 bits per heavy atom. The van der Waals surface area contributed by atoms with Crippen LogP contribution in [0.3, 0.4) is 0 Å². The van der Waals surface area contributed by atoms with E-state index in [1.54, 1.807) is 18.2 Å². The van der Waals surface area contributed by atoms with E-state index >= 15 is 0 Å². The van der Waals surface area contributed by atoms with Crippen molar-refractivity contribution in [3.05, 3.63) is 53.6 Å². The fraction of sp³-hybridized carbons (Fsp3) is 0.381. The van der Waals surface area contributed by atoms with Crippen molar-refractivity contribution >= 4 is 21.4 Å². The third-order valence-electron chi connectivity index (χ3n) is 4.88. The number of aryl methyl sites for hydroxylation is 2. The molecule has 2 aromatic rings. The number of hydrogen-bond acceptors (Lipinski definition) is 4. The van der Waals surface area contributed by atoms with E-state index in [9.17, 15) is 13.2 Å². The molecule has 0 spiro atoms. The number of anilines is 1. The molecule has 1 saturated carbocycles. The van der Waals surface area contributed by atoms with Crippen molar-refractivity contribution in [2.24, 2.45) is 0 Å². The summed E-state index contributed by atoms with van der Waals surface area (Å²) < 4.78 is 31.0. The summed E-state index contributed by atoms with van der Waals surface area (Å²) in [5, 5.41) is 2.41. The molecule has 144 valence electrons. The normalized spacial score (nSPS) is 14.9. The van der Waals surface area contributed by atoms with E-state index in [4.69, 9.17) is 4.74 Å². The van der Waals surface area contributed by atoms with E-state index in [-0.39, 0.29) is 22.7 Å². The molecular weight excluding hydrogens is 362 g/mol. The van der Waals surface area contributed by atoms with Crippen LogP contribution >= 0.6 is 0 Å². The fourth-order valence-electron chi connectivity index (χ4n) is 3.44. The third kappa shape index (κ3) is 4.69. The number of rotatable bonds is 6. The second-order valence-electron chi connectivity index (χ2n) is 7.09. The first-order chi connectivity index (χ1) is 12.9. The first-order valence-corrected chi connectivity index (χ1v) is 10.7. The summed E-state index contributed by atoms with van der Waals surface area (Å²) in [5.74, 6) is 0.332. The van der Waals surface area contributed by atoms with Gasteiger partial charge in [0, 0.05) is 5.69 Å². The maximum atomic E-state index is 12.7. The highest BCUT2D eigenvalue weighted by atomic mass is 32.2. The first-order valence-electron chi connectivity index (χ1n) is 9.20. The zero-order valence-electron chi connectivity index (χ0n) is 15.7. The van der Waals surface area contributed by atoms with Gasteiger partial charge in [-0.25, -0.2) is 8.42 Å². The average Bonchev–Trinajstić information content (AvgIpc) is 3.17. The highest BCUT2D eigenvalue weighted by molar-refractivity contribution is 7.92. The SMILES string of the molecule is Cc1ccc(OCC(=O)Nc2cccc(S(=O)(=O)C3CCCC3)c2)c(C)c1. The van der Waals surface area contributed by atoms with Gasteiger partial charge < -0.3 is 10.1 Å². The third-order valence-corrected chi connectivity index (χ3v) is 7.14. The summed E-state index contributed by atoms with van der Waals surface area (Å²) in [7, 11) is -3.34. The molecule has 1 amide bonds. The van der Waals surface area contributed by atoms with Gasteiger partial charge in [0.05, 0.1) is 10.1 Å². The lowest BCUT2D eigenvalue weighted by atomic mass is 10.1. The number of carbonyl (C=O) groups is 1. The van der Waals surface area contributed by atoms with Gasteiger partial charge in [-0.15, -0.1) is 0 Å². The average molecular weight is 388 g/mol. The molecule has 0 radical (unpaired) electrons. The predicted octanol–water partition coefficient (Wildman–Crippen LogP) is 4.04. The standard InChI is InChI=1S/C21H25NO4S/c1-15-10-11-20(16(2)12-15)26-14-21(23)22-17-6-5-9-19(13-17)27(24,25)18-7-3-4-8-18/h5-6,9-13,18H,3-4,7-8,14H2,1-2H3,(H,22,23). The van der Waals surface area contributed by atoms with E-state index in [0.29, 0.717) is 24.3 Å². The molecular formula is C21H25NO4S. The molecule has 27 heavy (non-hydrogen) atoms. The fourth-order valence-corrected chi connectivity index (χ4v) is 5.34. The molecule has 1 aliphatic rings. The Hall–Kier alpha value is -2.34. The van der Waals surface area contributed by atoms with Crippen molar-refractivity contribution in [2.45, 2.75) is 49.7 Å². The maximum absolute atomic E-state index is 12.7. The van der Waals surface area contributed by atoms with Crippen molar-refractivity contribution in [1.82, 2.24) is 0 Å². The molecule has 1 aliphatic carbocycles. The summed E-state index contributed by atoms with van der Waals surface area (Å²) in [5.41, 5.74) is 2.56. The highest BCUT2D eigenvalue weighted by Crippen LogP contribution is 2.30. The summed E-state index contributed by atoms with van der Waals surface area (Å²) in [4.78, 5) is 12.5. The van der Waals surface area contributed by atoms with Gasteiger partial charge in [0.2, 0.25) is 0 Å². The van der Waals surface area contributed by atoms with Gasteiger partial charge in [-0.3, -0.25) is 4.79 Å². The molecule has 1 fully saturated rings. The van der Waals surface area contributed by atoms with E-state index in [1.807, 2.05) is 32.0 Å². The van der Waals surface area contributed by atoms with Gasteiger partial charge in [0.25, 0.3) is 5.91 Å². The Bertz CT molecular complexity index is 931. The van der Waals surface area contributed by atoms with Gasteiger partial charge in [-0.05, 0) is 56.5 Å². The van der Waals surface area contributed by atoms with Crippen LogP contribution in [0.1, 0.15) is 36.8 Å². The van der Waals surface area contributed by atoms with Crippen LogP contribution in [0, 0.1) is 13.8 Å². The minimum atomic E-state index is -3.34. The summed E-state index contributed by atoms with van der Waals surface area (Å²) in [6.07, 6.45) is 3.33. The Labute approximate surface area is 160 Å². The number of carbonyl (C=O) groups excluding carboxylic acids is 1. The van der Waals surface area contributed by atoms with Crippen molar-refractivity contribution in [2.75, 3.05) is 11.9 Å². The maximum Gasteiger partial charge on any atom is 0.262 e. The van der Waals surface area contributed by atoms with E-state index < -0.39 is 9.84 Å². The van der Waals surface area contributed by atoms with Crippen LogP contribution in [0.15, 0.2) is 47.4 Å². The van der Waals surface area contributed by atoms with Crippen LogP contribution in [-0.2, 0) is 14.6 Å². The lowest BCUT2D eigenvalue weighted by Crippen LogP contribution is -2.21. The predicted molar refractivity (Wildman–Crippen MR) is 106 cm³/mol. The van der Waals surface area contributed by atoms with Crippen molar-refractivity contribution in [3.63, 3.8) is 0 Å². The quantitative estimate of drug-likeness (QED) is 0.812. The number of sulfone groups is 1. The molecule has 5 nitrogen and oxygen atoms in total. The van der Waals surface area contributed by atoms with Gasteiger partial charge in [0.1, 0.15) is 5.75 Å². The zero-order valence-corrected chi connectivity index (χ0v) is 16.5. The van der Waals surface area contributed by atoms with E-state index in [1.165, 1.54) is 6.07 Å². The number of hydrogen-bond donors (Lipinski definition) is 1. The molecule has 0 heterocycles. The Morgan fingerprint density at radius 2 is 1.85 bits per heavy atom.